The molecule has 0 aliphatic carbocycles. The Labute approximate surface area is 84.4 Å². The number of hydrogen-bond donors (Lipinski definition) is 1. The highest BCUT2D eigenvalue weighted by Crippen LogP contribution is 2.19. The van der Waals surface area contributed by atoms with Crippen molar-refractivity contribution in [1.82, 2.24) is 0 Å². The molecule has 1 aromatic carbocycles. The van der Waals surface area contributed by atoms with Crippen LogP contribution in [0, 0.1) is 17.5 Å². The third kappa shape index (κ3) is 2.59. The fourth-order valence-electron chi connectivity index (χ4n) is 0.948. The van der Waals surface area contributed by atoms with Gasteiger partial charge in [-0.2, -0.15) is 0 Å². The Morgan fingerprint density at radius 1 is 1.27 bits per heavy atom. The van der Waals surface area contributed by atoms with E-state index in [-0.39, 0.29) is 0 Å². The lowest BCUT2D eigenvalue weighted by Gasteiger charge is -2.04. The van der Waals surface area contributed by atoms with Gasteiger partial charge in [-0.05, 0) is 25.1 Å². The van der Waals surface area contributed by atoms with Crippen molar-refractivity contribution in [1.29, 1.82) is 0 Å². The van der Waals surface area contributed by atoms with Crippen LogP contribution in [0.3, 0.4) is 0 Å². The summed E-state index contributed by atoms with van der Waals surface area (Å²) in [7, 11) is 0. The van der Waals surface area contributed by atoms with Gasteiger partial charge in [-0.3, -0.25) is 4.79 Å². The molecule has 0 unspecified atom stereocenters. The number of benzene rings is 1. The van der Waals surface area contributed by atoms with Crippen molar-refractivity contribution in [2.75, 3.05) is 5.32 Å². The molecule has 1 aromatic rings. The van der Waals surface area contributed by atoms with E-state index in [1.807, 2.05) is 0 Å². The molecule has 1 rings (SSSR count). The molecule has 1 amide bonds. The largest absolute Gasteiger partial charge is 0.320 e. The van der Waals surface area contributed by atoms with Gasteiger partial charge in [0.25, 0.3) is 0 Å². The Morgan fingerprint density at radius 3 is 2.53 bits per heavy atom. The summed E-state index contributed by atoms with van der Waals surface area (Å²) in [5, 5.41) is 2.07. The molecule has 0 spiro atoms. The van der Waals surface area contributed by atoms with Crippen molar-refractivity contribution in [2.24, 2.45) is 0 Å². The molecule has 0 heterocycles. The van der Waals surface area contributed by atoms with Crippen LogP contribution in [0.25, 0.3) is 0 Å². The number of halogens is 3. The Morgan fingerprint density at radius 2 is 1.93 bits per heavy atom. The quantitative estimate of drug-likeness (QED) is 0.596. The zero-order valence-electron chi connectivity index (χ0n) is 7.85. The van der Waals surface area contributed by atoms with Crippen molar-refractivity contribution in [3.05, 3.63) is 41.7 Å². The fraction of sp³-hybridized carbons (Fsp3) is 0.100. The van der Waals surface area contributed by atoms with E-state index in [0.29, 0.717) is 0 Å². The second-order valence-corrected chi connectivity index (χ2v) is 2.71. The maximum atomic E-state index is 13.0. The minimum atomic E-state index is -1.60. The van der Waals surface area contributed by atoms with Crippen LogP contribution in [0.15, 0.2) is 24.3 Å². The summed E-state index contributed by atoms with van der Waals surface area (Å²) in [6.45, 7) is 1.60. The van der Waals surface area contributed by atoms with Crippen molar-refractivity contribution >= 4 is 11.6 Å². The number of anilines is 1. The summed E-state index contributed by atoms with van der Waals surface area (Å²) < 4.78 is 38.2. The summed E-state index contributed by atoms with van der Waals surface area (Å²) in [5.74, 6) is -4.92. The number of amides is 1. The van der Waals surface area contributed by atoms with E-state index in [2.05, 4.69) is 5.32 Å². The van der Waals surface area contributed by atoms with Gasteiger partial charge in [0, 0.05) is 0 Å². The van der Waals surface area contributed by atoms with Gasteiger partial charge < -0.3 is 5.32 Å². The van der Waals surface area contributed by atoms with Crippen LogP contribution < -0.4 is 5.32 Å². The van der Waals surface area contributed by atoms with Crippen LogP contribution in [0.2, 0.25) is 0 Å². The van der Waals surface area contributed by atoms with Crippen molar-refractivity contribution in [3.63, 3.8) is 0 Å². The lowest BCUT2D eigenvalue weighted by Crippen LogP contribution is -2.10. The highest BCUT2D eigenvalue weighted by Gasteiger charge is 2.13. The third-order valence-corrected chi connectivity index (χ3v) is 1.61. The molecule has 0 atom stereocenters. The Hall–Kier alpha value is -1.78. The number of carbonyl (C=O) groups is 1. The van der Waals surface area contributed by atoms with E-state index in [1.54, 1.807) is 6.92 Å². The molecule has 0 fully saturated rings. The number of rotatable bonds is 2. The molecule has 0 bridgehead atoms. The number of hydrogen-bond acceptors (Lipinski definition) is 1. The highest BCUT2D eigenvalue weighted by molar-refractivity contribution is 5.99. The monoisotopic (exact) mass is 215 g/mol. The lowest BCUT2D eigenvalue weighted by atomic mass is 10.2. The van der Waals surface area contributed by atoms with Crippen LogP contribution >= 0.6 is 0 Å². The summed E-state index contributed by atoms with van der Waals surface area (Å²) in [5.41, 5.74) is -0.392. The summed E-state index contributed by atoms with van der Waals surface area (Å²) in [6.07, 6.45) is 2.58. The van der Waals surface area contributed by atoms with Gasteiger partial charge in [0.15, 0.2) is 17.5 Å². The number of nitrogens with one attached hydrogen (secondary N) is 1. The van der Waals surface area contributed by atoms with E-state index in [1.165, 1.54) is 6.08 Å². The van der Waals surface area contributed by atoms with Gasteiger partial charge in [0.2, 0.25) is 5.91 Å². The first kappa shape index (κ1) is 11.3. The minimum Gasteiger partial charge on any atom is -0.320 e. The molecule has 0 aromatic heterocycles. The maximum absolute atomic E-state index is 13.0. The molecule has 5 heteroatoms. The second kappa shape index (κ2) is 4.63. The van der Waals surface area contributed by atoms with Gasteiger partial charge in [-0.25, -0.2) is 13.2 Å². The fourth-order valence-corrected chi connectivity index (χ4v) is 0.948. The Kier molecular flexibility index (Phi) is 3.49. The normalized spacial score (nSPS) is 10.7. The Bertz CT molecular complexity index is 415. The minimum absolute atomic E-state index is 0.392. The second-order valence-electron chi connectivity index (χ2n) is 2.71. The van der Waals surface area contributed by atoms with E-state index < -0.39 is 29.0 Å². The maximum Gasteiger partial charge on any atom is 0.248 e. The molecular weight excluding hydrogens is 207 g/mol. The zero-order chi connectivity index (χ0) is 11.4. The molecule has 15 heavy (non-hydrogen) atoms. The van der Waals surface area contributed by atoms with E-state index >= 15 is 0 Å². The van der Waals surface area contributed by atoms with Gasteiger partial charge >= 0.3 is 0 Å². The summed E-state index contributed by atoms with van der Waals surface area (Å²) in [4.78, 5) is 11.0. The SMILES string of the molecule is C/C=C/C(=O)Nc1ccc(F)c(F)c1F. The first-order valence-corrected chi connectivity index (χ1v) is 4.13. The standard InChI is InChI=1S/C10H8F3NO/c1-2-3-8(15)14-7-5-4-6(11)9(12)10(7)13/h2-5H,1H3,(H,14,15)/b3-2+. The van der Waals surface area contributed by atoms with Crippen molar-refractivity contribution in [3.8, 4) is 0 Å². The third-order valence-electron chi connectivity index (χ3n) is 1.61. The predicted molar refractivity (Wildman–Crippen MR) is 49.8 cm³/mol. The average Bonchev–Trinajstić information content (AvgIpc) is 2.20. The molecule has 80 valence electrons. The molecule has 0 aliphatic heterocycles. The van der Waals surface area contributed by atoms with Gasteiger partial charge in [-0.15, -0.1) is 0 Å². The van der Waals surface area contributed by atoms with Crippen LogP contribution in [0.4, 0.5) is 18.9 Å². The molecule has 2 nitrogen and oxygen atoms in total. The predicted octanol–water partition coefficient (Wildman–Crippen LogP) is 2.62. The zero-order valence-corrected chi connectivity index (χ0v) is 7.85. The van der Waals surface area contributed by atoms with E-state index in [0.717, 1.165) is 18.2 Å². The van der Waals surface area contributed by atoms with Crippen molar-refractivity contribution < 1.29 is 18.0 Å². The molecular formula is C10H8F3NO. The van der Waals surface area contributed by atoms with Gasteiger partial charge in [-0.1, -0.05) is 6.08 Å². The van der Waals surface area contributed by atoms with E-state index in [4.69, 9.17) is 0 Å². The van der Waals surface area contributed by atoms with Crippen LogP contribution in [0.5, 0.6) is 0 Å². The molecule has 0 saturated heterocycles. The molecule has 0 aliphatic rings. The first-order valence-electron chi connectivity index (χ1n) is 4.13. The topological polar surface area (TPSA) is 29.1 Å². The van der Waals surface area contributed by atoms with Gasteiger partial charge in [0.05, 0.1) is 5.69 Å². The first-order chi connectivity index (χ1) is 7.06. The average molecular weight is 215 g/mol. The highest BCUT2D eigenvalue weighted by atomic mass is 19.2. The van der Waals surface area contributed by atoms with Crippen LogP contribution in [0.1, 0.15) is 6.92 Å². The number of carbonyl (C=O) groups excluding carboxylic acids is 1. The summed E-state index contributed by atoms with van der Waals surface area (Å²) >= 11 is 0. The lowest BCUT2D eigenvalue weighted by molar-refractivity contribution is -0.111. The molecule has 0 saturated carbocycles. The van der Waals surface area contributed by atoms with Gasteiger partial charge in [0.1, 0.15) is 0 Å². The van der Waals surface area contributed by atoms with Crippen LogP contribution in [-0.4, -0.2) is 5.91 Å². The van der Waals surface area contributed by atoms with Crippen LogP contribution in [-0.2, 0) is 4.79 Å². The summed E-state index contributed by atoms with van der Waals surface area (Å²) in [6, 6.07) is 1.69. The molecule has 1 N–H and O–H groups in total. The smallest absolute Gasteiger partial charge is 0.248 e. The van der Waals surface area contributed by atoms with Crippen molar-refractivity contribution in [2.45, 2.75) is 6.92 Å². The van der Waals surface area contributed by atoms with E-state index in [9.17, 15) is 18.0 Å². The number of allylic oxidation sites excluding steroid dienone is 1. The molecule has 0 radical (unpaired) electrons. The Balaban J connectivity index is 2.97.